The van der Waals surface area contributed by atoms with Crippen molar-refractivity contribution in [2.24, 2.45) is 0 Å². The highest BCUT2D eigenvalue weighted by atomic mass is 35.5. The molecule has 5 saturated heterocycles. The molecule has 0 aromatic heterocycles. The maximum Gasteiger partial charge on any atom is 0.139 e. The van der Waals surface area contributed by atoms with Gasteiger partial charge in [0.25, 0.3) is 0 Å². The molecule has 0 radical (unpaired) electrons. The number of nitrogens with zero attached hydrogens (tertiary/aromatic N) is 4. The standard InChI is InChI=1S/C9H17N4O.ClH/c1(9-2-14-9)13-6-10-3-11(7-13)5-12(4-10)8-13;/h9H,1-8H2;1H/q+1;/p-1. The molecule has 0 aromatic carbocycles. The molecule has 0 amide bonds. The van der Waals surface area contributed by atoms with Crippen LogP contribution in [0, 0.1) is 0 Å². The Bertz CT molecular complexity index is 230. The van der Waals surface area contributed by atoms with E-state index in [1.54, 1.807) is 0 Å². The average Bonchev–Trinajstić information content (AvgIpc) is 2.84. The minimum Gasteiger partial charge on any atom is -1.00 e. The summed E-state index contributed by atoms with van der Waals surface area (Å²) < 4.78 is 6.60. The Kier molecular flexibility index (Phi) is 2.25. The van der Waals surface area contributed by atoms with Crippen molar-refractivity contribution in [1.29, 1.82) is 0 Å². The lowest BCUT2D eigenvalue weighted by Crippen LogP contribution is -3.00. The number of quaternary nitrogens is 1. The molecule has 0 saturated carbocycles. The van der Waals surface area contributed by atoms with Crippen LogP contribution >= 0.6 is 0 Å². The topological polar surface area (TPSA) is 22.2 Å². The highest BCUT2D eigenvalue weighted by molar-refractivity contribution is 4.77. The molecule has 15 heavy (non-hydrogen) atoms. The Balaban J connectivity index is 0.000000722. The van der Waals surface area contributed by atoms with Crippen molar-refractivity contribution in [2.45, 2.75) is 6.10 Å². The van der Waals surface area contributed by atoms with Crippen LogP contribution in [0.5, 0.6) is 0 Å². The Labute approximate surface area is 96.2 Å². The van der Waals surface area contributed by atoms with Gasteiger partial charge in [0.05, 0.1) is 26.6 Å². The van der Waals surface area contributed by atoms with Gasteiger partial charge < -0.3 is 17.1 Å². The molecule has 1 unspecified atom stereocenters. The van der Waals surface area contributed by atoms with Crippen molar-refractivity contribution in [3.8, 4) is 0 Å². The van der Waals surface area contributed by atoms with Gasteiger partial charge in [0.15, 0.2) is 0 Å². The predicted molar refractivity (Wildman–Crippen MR) is 49.6 cm³/mol. The van der Waals surface area contributed by atoms with Crippen molar-refractivity contribution >= 4 is 0 Å². The molecular formula is C9H17ClN4O. The number of epoxide rings is 1. The molecule has 5 heterocycles. The molecule has 5 nitrogen and oxygen atoms in total. The fraction of sp³-hybridized carbons (Fsp3) is 1.00. The van der Waals surface area contributed by atoms with Gasteiger partial charge in [-0.15, -0.1) is 0 Å². The van der Waals surface area contributed by atoms with Crippen LogP contribution in [0.2, 0.25) is 0 Å². The number of hydrogen-bond donors (Lipinski definition) is 0. The number of ether oxygens (including phenoxy) is 1. The molecule has 6 heteroatoms. The van der Waals surface area contributed by atoms with E-state index in [1.807, 2.05) is 0 Å². The Morgan fingerprint density at radius 2 is 1.47 bits per heavy atom. The fourth-order valence-corrected chi connectivity index (χ4v) is 3.44. The Morgan fingerprint density at radius 1 is 1.00 bits per heavy atom. The molecule has 5 rings (SSSR count). The third-order valence-electron chi connectivity index (χ3n) is 3.69. The summed E-state index contributed by atoms with van der Waals surface area (Å²) in [6.45, 7) is 9.50. The summed E-state index contributed by atoms with van der Waals surface area (Å²) in [5.41, 5.74) is 0. The summed E-state index contributed by atoms with van der Waals surface area (Å²) >= 11 is 0. The van der Waals surface area contributed by atoms with Crippen LogP contribution in [-0.4, -0.2) is 78.5 Å². The monoisotopic (exact) mass is 232 g/mol. The molecule has 86 valence electrons. The molecule has 1 atom stereocenters. The fourth-order valence-electron chi connectivity index (χ4n) is 3.44. The maximum atomic E-state index is 5.38. The van der Waals surface area contributed by atoms with E-state index in [2.05, 4.69) is 14.7 Å². The van der Waals surface area contributed by atoms with Crippen LogP contribution in [0.4, 0.5) is 0 Å². The molecular weight excluding hydrogens is 216 g/mol. The van der Waals surface area contributed by atoms with E-state index < -0.39 is 0 Å². The molecule has 5 aliphatic heterocycles. The zero-order valence-electron chi connectivity index (χ0n) is 8.81. The minimum absolute atomic E-state index is 0. The Hall–Kier alpha value is 0.0900. The van der Waals surface area contributed by atoms with E-state index in [-0.39, 0.29) is 12.4 Å². The van der Waals surface area contributed by atoms with Crippen LogP contribution in [-0.2, 0) is 4.74 Å². The van der Waals surface area contributed by atoms with Crippen molar-refractivity contribution in [2.75, 3.05) is 53.2 Å². The van der Waals surface area contributed by atoms with Gasteiger partial charge in [0.1, 0.15) is 32.7 Å². The summed E-state index contributed by atoms with van der Waals surface area (Å²) in [5, 5.41) is 0. The lowest BCUT2D eigenvalue weighted by atomic mass is 10.2. The second kappa shape index (κ2) is 3.29. The highest BCUT2D eigenvalue weighted by Gasteiger charge is 2.50. The highest BCUT2D eigenvalue weighted by Crippen LogP contribution is 2.30. The third kappa shape index (κ3) is 1.67. The van der Waals surface area contributed by atoms with E-state index in [0.29, 0.717) is 6.10 Å². The molecule has 4 bridgehead atoms. The summed E-state index contributed by atoms with van der Waals surface area (Å²) in [7, 11) is 0. The zero-order valence-corrected chi connectivity index (χ0v) is 9.57. The van der Waals surface area contributed by atoms with Gasteiger partial charge >= 0.3 is 0 Å². The summed E-state index contributed by atoms with van der Waals surface area (Å²) in [5.74, 6) is 0. The normalized spacial score (nSPS) is 55.2. The van der Waals surface area contributed by atoms with E-state index >= 15 is 0 Å². The minimum atomic E-state index is 0. The number of halogens is 1. The first-order chi connectivity index (χ1) is 6.81. The maximum absolute atomic E-state index is 5.38. The predicted octanol–water partition coefficient (Wildman–Crippen LogP) is -4.10. The third-order valence-corrected chi connectivity index (χ3v) is 3.69. The van der Waals surface area contributed by atoms with Gasteiger partial charge in [-0.2, -0.15) is 0 Å². The number of hydrogen-bond acceptors (Lipinski definition) is 4. The molecule has 0 N–H and O–H groups in total. The molecule has 0 spiro atoms. The smallest absolute Gasteiger partial charge is 0.139 e. The van der Waals surface area contributed by atoms with Crippen molar-refractivity contribution < 1.29 is 21.6 Å². The van der Waals surface area contributed by atoms with Gasteiger partial charge in [-0.25, -0.2) is 14.7 Å². The van der Waals surface area contributed by atoms with Crippen LogP contribution in [0.1, 0.15) is 0 Å². The van der Waals surface area contributed by atoms with Crippen molar-refractivity contribution in [3.05, 3.63) is 0 Å². The van der Waals surface area contributed by atoms with Crippen LogP contribution in [0.3, 0.4) is 0 Å². The van der Waals surface area contributed by atoms with Crippen LogP contribution in [0.15, 0.2) is 0 Å². The molecule has 5 fully saturated rings. The van der Waals surface area contributed by atoms with E-state index in [9.17, 15) is 0 Å². The summed E-state index contributed by atoms with van der Waals surface area (Å²) in [4.78, 5) is 7.66. The largest absolute Gasteiger partial charge is 1.00 e. The van der Waals surface area contributed by atoms with Gasteiger partial charge in [-0.3, -0.25) is 4.48 Å². The van der Waals surface area contributed by atoms with Crippen LogP contribution in [0.25, 0.3) is 0 Å². The average molecular weight is 233 g/mol. The lowest BCUT2D eigenvalue weighted by molar-refractivity contribution is -0.980. The lowest BCUT2D eigenvalue weighted by Gasteiger charge is -2.60. The second-order valence-corrected chi connectivity index (χ2v) is 5.34. The van der Waals surface area contributed by atoms with Crippen molar-refractivity contribution in [1.82, 2.24) is 14.7 Å². The molecule has 0 aromatic rings. The van der Waals surface area contributed by atoms with Crippen molar-refractivity contribution in [3.63, 3.8) is 0 Å². The molecule has 0 aliphatic carbocycles. The zero-order chi connectivity index (χ0) is 9.17. The van der Waals surface area contributed by atoms with Crippen LogP contribution < -0.4 is 12.4 Å². The van der Waals surface area contributed by atoms with E-state index in [0.717, 1.165) is 6.61 Å². The Morgan fingerprint density at radius 3 is 1.87 bits per heavy atom. The summed E-state index contributed by atoms with van der Waals surface area (Å²) in [6, 6.07) is 0. The summed E-state index contributed by atoms with van der Waals surface area (Å²) in [6.07, 6.45) is 0.565. The molecule has 5 aliphatic rings. The number of rotatable bonds is 2. The van der Waals surface area contributed by atoms with Gasteiger partial charge in [0.2, 0.25) is 0 Å². The first-order valence-corrected chi connectivity index (χ1v) is 5.45. The quantitative estimate of drug-likeness (QED) is 0.357. The first-order valence-electron chi connectivity index (χ1n) is 5.45. The van der Waals surface area contributed by atoms with Gasteiger partial charge in [-0.05, 0) is 0 Å². The SMILES string of the molecule is C1OC1C[N+]12CN3CN(CN(C3)C1)C2.[Cl-]. The van der Waals surface area contributed by atoms with E-state index in [4.69, 9.17) is 4.74 Å². The van der Waals surface area contributed by atoms with Gasteiger partial charge in [-0.1, -0.05) is 0 Å². The first kappa shape index (κ1) is 10.3. The van der Waals surface area contributed by atoms with E-state index in [1.165, 1.54) is 51.0 Å². The second-order valence-electron chi connectivity index (χ2n) is 5.34. The van der Waals surface area contributed by atoms with Gasteiger partial charge in [0, 0.05) is 0 Å².